The van der Waals surface area contributed by atoms with Crippen LogP contribution in [0.3, 0.4) is 0 Å². The van der Waals surface area contributed by atoms with Gasteiger partial charge in [0.1, 0.15) is 11.6 Å². The number of hydrogen-bond donors (Lipinski definition) is 1. The van der Waals surface area contributed by atoms with Crippen LogP contribution in [0.5, 0.6) is 5.75 Å². The topological polar surface area (TPSA) is 77.5 Å². The molecule has 0 aliphatic carbocycles. The van der Waals surface area contributed by atoms with Crippen LogP contribution < -0.4 is 10.1 Å². The Bertz CT molecular complexity index is 711. The molecule has 1 aromatic carbocycles. The number of amides is 1. The van der Waals surface area contributed by atoms with Gasteiger partial charge in [-0.05, 0) is 43.2 Å². The molecule has 1 aromatic heterocycles. The molecule has 0 aliphatic rings. The minimum atomic E-state index is -0.478. The zero-order valence-electron chi connectivity index (χ0n) is 13.3. The first-order chi connectivity index (χ1) is 11.0. The van der Waals surface area contributed by atoms with Gasteiger partial charge in [0.15, 0.2) is 6.61 Å². The molecule has 6 nitrogen and oxygen atoms in total. The third-order valence-electron chi connectivity index (χ3n) is 3.15. The van der Waals surface area contributed by atoms with Crippen molar-refractivity contribution >= 4 is 17.7 Å². The van der Waals surface area contributed by atoms with Gasteiger partial charge in [0, 0.05) is 6.20 Å². The Kier molecular flexibility index (Phi) is 5.30. The van der Waals surface area contributed by atoms with Crippen molar-refractivity contribution in [3.05, 3.63) is 53.2 Å². The van der Waals surface area contributed by atoms with E-state index in [0.29, 0.717) is 17.1 Å². The van der Waals surface area contributed by atoms with E-state index in [1.807, 2.05) is 32.0 Å². The van der Waals surface area contributed by atoms with Crippen molar-refractivity contribution in [1.29, 1.82) is 0 Å². The summed E-state index contributed by atoms with van der Waals surface area (Å²) < 4.78 is 10.1. The number of nitrogens with zero attached hydrogens (tertiary/aromatic N) is 1. The van der Waals surface area contributed by atoms with Crippen LogP contribution in [0.1, 0.15) is 21.5 Å². The monoisotopic (exact) mass is 314 g/mol. The maximum absolute atomic E-state index is 11.9. The smallest absolute Gasteiger partial charge is 0.339 e. The van der Waals surface area contributed by atoms with E-state index in [9.17, 15) is 9.59 Å². The van der Waals surface area contributed by atoms with E-state index in [0.717, 1.165) is 11.1 Å². The zero-order chi connectivity index (χ0) is 16.8. The lowest BCUT2D eigenvalue weighted by molar-refractivity contribution is -0.118. The number of methoxy groups -OCH3 is 1. The van der Waals surface area contributed by atoms with Gasteiger partial charge in [-0.15, -0.1) is 0 Å². The fourth-order valence-corrected chi connectivity index (χ4v) is 1.89. The van der Waals surface area contributed by atoms with E-state index < -0.39 is 5.97 Å². The molecule has 120 valence electrons. The van der Waals surface area contributed by atoms with Crippen molar-refractivity contribution in [3.8, 4) is 5.75 Å². The largest absolute Gasteiger partial charge is 0.483 e. The summed E-state index contributed by atoms with van der Waals surface area (Å²) in [6.45, 7) is 3.75. The predicted octanol–water partition coefficient (Wildman–Crippen LogP) is 2.50. The first-order valence-corrected chi connectivity index (χ1v) is 7.04. The van der Waals surface area contributed by atoms with Crippen LogP contribution in [-0.4, -0.2) is 30.6 Å². The summed E-state index contributed by atoms with van der Waals surface area (Å²) in [7, 11) is 1.29. The number of aryl methyl sites for hydroxylation is 2. The highest BCUT2D eigenvalue weighted by molar-refractivity contribution is 5.92. The fraction of sp³-hybridized carbons (Fsp3) is 0.235. The number of ether oxygens (including phenoxy) is 2. The molecule has 0 radical (unpaired) electrons. The summed E-state index contributed by atoms with van der Waals surface area (Å²) in [5, 5.41) is 2.60. The number of nitrogens with one attached hydrogen (secondary N) is 1. The number of carbonyl (C=O) groups excluding carboxylic acids is 2. The SMILES string of the molecule is COC(=O)c1ccc(NC(=O)COc2cc(C)ccc2C)nc1. The first-order valence-electron chi connectivity index (χ1n) is 7.04. The first kappa shape index (κ1) is 16.5. The van der Waals surface area contributed by atoms with Gasteiger partial charge in [-0.1, -0.05) is 12.1 Å². The minimum Gasteiger partial charge on any atom is -0.483 e. The predicted molar refractivity (Wildman–Crippen MR) is 85.6 cm³/mol. The molecule has 1 N–H and O–H groups in total. The van der Waals surface area contributed by atoms with Crippen LogP contribution in [0.4, 0.5) is 5.82 Å². The van der Waals surface area contributed by atoms with Gasteiger partial charge < -0.3 is 14.8 Å². The second-order valence-electron chi connectivity index (χ2n) is 5.03. The van der Waals surface area contributed by atoms with Crippen molar-refractivity contribution in [3.63, 3.8) is 0 Å². The molecule has 6 heteroatoms. The van der Waals surface area contributed by atoms with Crippen molar-refractivity contribution < 1.29 is 19.1 Å². The van der Waals surface area contributed by atoms with Gasteiger partial charge in [-0.3, -0.25) is 4.79 Å². The van der Waals surface area contributed by atoms with Crippen molar-refractivity contribution in [2.24, 2.45) is 0 Å². The van der Waals surface area contributed by atoms with Crippen molar-refractivity contribution in [1.82, 2.24) is 4.98 Å². The van der Waals surface area contributed by atoms with E-state index in [1.165, 1.54) is 25.4 Å². The third kappa shape index (κ3) is 4.54. The van der Waals surface area contributed by atoms with Crippen LogP contribution in [0.2, 0.25) is 0 Å². The summed E-state index contributed by atoms with van der Waals surface area (Å²) >= 11 is 0. The molecule has 0 spiro atoms. The van der Waals surface area contributed by atoms with Crippen molar-refractivity contribution in [2.75, 3.05) is 19.0 Å². The molecule has 0 unspecified atom stereocenters. The number of pyridine rings is 1. The number of hydrogen-bond acceptors (Lipinski definition) is 5. The Hall–Kier alpha value is -2.89. The second-order valence-corrected chi connectivity index (χ2v) is 5.03. The highest BCUT2D eigenvalue weighted by Gasteiger charge is 2.09. The average Bonchev–Trinajstić information content (AvgIpc) is 2.55. The van der Waals surface area contributed by atoms with Crippen LogP contribution in [-0.2, 0) is 9.53 Å². The Morgan fingerprint density at radius 3 is 2.61 bits per heavy atom. The van der Waals surface area contributed by atoms with Gasteiger partial charge in [0.25, 0.3) is 5.91 Å². The van der Waals surface area contributed by atoms with E-state index in [-0.39, 0.29) is 12.5 Å². The molecule has 0 fully saturated rings. The van der Waals surface area contributed by atoms with Crippen molar-refractivity contribution in [2.45, 2.75) is 13.8 Å². The van der Waals surface area contributed by atoms with Crippen LogP contribution in [0, 0.1) is 13.8 Å². The van der Waals surface area contributed by atoms with Gasteiger partial charge in [-0.2, -0.15) is 0 Å². The van der Waals surface area contributed by atoms with E-state index in [4.69, 9.17) is 4.74 Å². The zero-order valence-corrected chi connectivity index (χ0v) is 13.3. The molecule has 1 heterocycles. The standard InChI is InChI=1S/C17H18N2O4/c1-11-4-5-12(2)14(8-11)23-10-16(20)19-15-7-6-13(9-18-15)17(21)22-3/h4-9H,10H2,1-3H3,(H,18,19,20). The summed E-state index contributed by atoms with van der Waals surface area (Å²) in [6.07, 6.45) is 1.34. The molecule has 0 saturated carbocycles. The minimum absolute atomic E-state index is 0.120. The van der Waals surface area contributed by atoms with Crippen LogP contribution in [0.25, 0.3) is 0 Å². The molecule has 23 heavy (non-hydrogen) atoms. The average molecular weight is 314 g/mol. The number of aromatic nitrogens is 1. The van der Waals surface area contributed by atoms with Gasteiger partial charge in [-0.25, -0.2) is 9.78 Å². The quantitative estimate of drug-likeness (QED) is 0.858. The summed E-state index contributed by atoms with van der Waals surface area (Å²) in [5.41, 5.74) is 2.34. The molecular formula is C17H18N2O4. The Morgan fingerprint density at radius 2 is 1.96 bits per heavy atom. The summed E-state index contributed by atoms with van der Waals surface area (Å²) in [6, 6.07) is 8.86. The number of rotatable bonds is 5. The van der Waals surface area contributed by atoms with Crippen LogP contribution in [0.15, 0.2) is 36.5 Å². The van der Waals surface area contributed by atoms with Gasteiger partial charge in [0.05, 0.1) is 12.7 Å². The molecule has 0 bridgehead atoms. The lowest BCUT2D eigenvalue weighted by atomic mass is 10.1. The summed E-state index contributed by atoms with van der Waals surface area (Å²) in [4.78, 5) is 27.2. The van der Waals surface area contributed by atoms with E-state index in [1.54, 1.807) is 0 Å². The highest BCUT2D eigenvalue weighted by atomic mass is 16.5. The molecular weight excluding hydrogens is 296 g/mol. The fourth-order valence-electron chi connectivity index (χ4n) is 1.89. The lowest BCUT2D eigenvalue weighted by Gasteiger charge is -2.10. The normalized spacial score (nSPS) is 10.0. The number of carbonyl (C=O) groups is 2. The maximum atomic E-state index is 11.9. The number of anilines is 1. The Morgan fingerprint density at radius 1 is 1.17 bits per heavy atom. The lowest BCUT2D eigenvalue weighted by Crippen LogP contribution is -2.21. The van der Waals surface area contributed by atoms with Crippen LogP contribution >= 0.6 is 0 Å². The molecule has 2 rings (SSSR count). The Balaban J connectivity index is 1.92. The second kappa shape index (κ2) is 7.40. The van der Waals surface area contributed by atoms with E-state index in [2.05, 4.69) is 15.0 Å². The number of benzene rings is 1. The van der Waals surface area contributed by atoms with Gasteiger partial charge in [0.2, 0.25) is 0 Å². The third-order valence-corrected chi connectivity index (χ3v) is 3.15. The maximum Gasteiger partial charge on any atom is 0.339 e. The summed E-state index contributed by atoms with van der Waals surface area (Å²) in [5.74, 6) is 0.208. The van der Waals surface area contributed by atoms with Gasteiger partial charge >= 0.3 is 5.97 Å². The molecule has 0 saturated heterocycles. The molecule has 0 aliphatic heterocycles. The molecule has 1 amide bonds. The Labute approximate surface area is 134 Å². The molecule has 2 aromatic rings. The highest BCUT2D eigenvalue weighted by Crippen LogP contribution is 2.19. The van der Waals surface area contributed by atoms with E-state index >= 15 is 0 Å². The number of esters is 1. The molecule has 0 atom stereocenters.